The van der Waals surface area contributed by atoms with Gasteiger partial charge in [-0.15, -0.1) is 0 Å². The monoisotopic (exact) mass is 234 g/mol. The van der Waals surface area contributed by atoms with Gasteiger partial charge in [-0.05, 0) is 56.4 Å². The number of hydrogen-bond donors (Lipinski definition) is 1. The molecule has 1 aromatic carbocycles. The molecule has 0 spiro atoms. The van der Waals surface area contributed by atoms with Crippen LogP contribution in [0.15, 0.2) is 18.2 Å². The van der Waals surface area contributed by atoms with E-state index in [2.05, 4.69) is 0 Å². The van der Waals surface area contributed by atoms with Crippen molar-refractivity contribution in [1.29, 1.82) is 0 Å². The Morgan fingerprint density at radius 1 is 1.47 bits per heavy atom. The first-order valence-electron chi connectivity index (χ1n) is 6.10. The Morgan fingerprint density at radius 3 is 2.88 bits per heavy atom. The van der Waals surface area contributed by atoms with Crippen LogP contribution in [0.3, 0.4) is 0 Å². The van der Waals surface area contributed by atoms with Crippen LogP contribution in [0.5, 0.6) is 5.75 Å². The number of carboxylic acids is 1. The summed E-state index contributed by atoms with van der Waals surface area (Å²) in [7, 11) is 0. The second-order valence-electron chi connectivity index (χ2n) is 4.81. The Bertz CT molecular complexity index is 423. The van der Waals surface area contributed by atoms with Gasteiger partial charge in [-0.2, -0.15) is 0 Å². The van der Waals surface area contributed by atoms with Crippen molar-refractivity contribution >= 4 is 5.97 Å². The highest BCUT2D eigenvalue weighted by molar-refractivity contribution is 5.77. The van der Waals surface area contributed by atoms with E-state index in [0.717, 1.165) is 36.1 Å². The first-order chi connectivity index (χ1) is 8.08. The quantitative estimate of drug-likeness (QED) is 0.874. The fourth-order valence-electron chi connectivity index (χ4n) is 2.39. The number of carbonyl (C=O) groups is 1. The molecule has 0 aliphatic heterocycles. The number of hydrogen-bond acceptors (Lipinski definition) is 2. The van der Waals surface area contributed by atoms with Gasteiger partial charge in [-0.1, -0.05) is 6.07 Å². The largest absolute Gasteiger partial charge is 0.491 e. The summed E-state index contributed by atoms with van der Waals surface area (Å²) in [6.45, 7) is 3.97. The SMILES string of the molecule is CC(C)Oc1ccc2c(c1)CCCC2C(=O)O. The molecule has 0 fully saturated rings. The smallest absolute Gasteiger partial charge is 0.310 e. The average molecular weight is 234 g/mol. The maximum Gasteiger partial charge on any atom is 0.310 e. The molecule has 1 aliphatic rings. The van der Waals surface area contributed by atoms with E-state index in [0.29, 0.717) is 0 Å². The number of ether oxygens (including phenoxy) is 1. The molecule has 17 heavy (non-hydrogen) atoms. The molecule has 0 radical (unpaired) electrons. The zero-order valence-corrected chi connectivity index (χ0v) is 10.3. The molecule has 0 saturated heterocycles. The molecule has 0 heterocycles. The standard InChI is InChI=1S/C14H18O3/c1-9(2)17-11-6-7-12-10(8-11)4-3-5-13(12)14(15)16/h6-9,13H,3-5H2,1-2H3,(H,15,16). The van der Waals surface area contributed by atoms with Crippen LogP contribution in [0.1, 0.15) is 43.7 Å². The molecule has 0 bridgehead atoms. The lowest BCUT2D eigenvalue weighted by Gasteiger charge is -2.23. The van der Waals surface area contributed by atoms with E-state index in [9.17, 15) is 4.79 Å². The molecule has 0 saturated carbocycles. The summed E-state index contributed by atoms with van der Waals surface area (Å²) in [6, 6.07) is 5.77. The lowest BCUT2D eigenvalue weighted by molar-refractivity contribution is -0.139. The average Bonchev–Trinajstić information content (AvgIpc) is 2.26. The van der Waals surface area contributed by atoms with Crippen molar-refractivity contribution in [3.8, 4) is 5.75 Å². The van der Waals surface area contributed by atoms with Crippen LogP contribution in [0.25, 0.3) is 0 Å². The second-order valence-corrected chi connectivity index (χ2v) is 4.81. The van der Waals surface area contributed by atoms with Gasteiger partial charge in [0.1, 0.15) is 5.75 Å². The Hall–Kier alpha value is -1.51. The van der Waals surface area contributed by atoms with Gasteiger partial charge in [0.05, 0.1) is 12.0 Å². The van der Waals surface area contributed by atoms with Gasteiger partial charge in [-0.3, -0.25) is 4.79 Å². The van der Waals surface area contributed by atoms with Gasteiger partial charge < -0.3 is 9.84 Å². The van der Waals surface area contributed by atoms with Gasteiger partial charge in [0.25, 0.3) is 0 Å². The predicted octanol–water partition coefficient (Wildman–Crippen LogP) is 2.98. The number of carboxylic acid groups (broad SMARTS) is 1. The fourth-order valence-corrected chi connectivity index (χ4v) is 2.39. The lowest BCUT2D eigenvalue weighted by atomic mass is 9.83. The molecule has 1 aliphatic carbocycles. The number of fused-ring (bicyclic) bond motifs is 1. The van der Waals surface area contributed by atoms with Crippen molar-refractivity contribution in [3.05, 3.63) is 29.3 Å². The zero-order chi connectivity index (χ0) is 12.4. The normalized spacial score (nSPS) is 18.9. The van der Waals surface area contributed by atoms with Crippen molar-refractivity contribution in [2.24, 2.45) is 0 Å². The second kappa shape index (κ2) is 4.78. The van der Waals surface area contributed by atoms with E-state index in [1.807, 2.05) is 32.0 Å². The molecular weight excluding hydrogens is 216 g/mol. The van der Waals surface area contributed by atoms with Crippen LogP contribution in [0.4, 0.5) is 0 Å². The molecule has 1 N–H and O–H groups in total. The Labute approximate surface area is 101 Å². The van der Waals surface area contributed by atoms with Gasteiger partial charge in [-0.25, -0.2) is 0 Å². The maximum absolute atomic E-state index is 11.1. The third kappa shape index (κ3) is 2.60. The van der Waals surface area contributed by atoms with Crippen LogP contribution in [0.2, 0.25) is 0 Å². The molecule has 92 valence electrons. The minimum Gasteiger partial charge on any atom is -0.491 e. The van der Waals surface area contributed by atoms with Gasteiger partial charge >= 0.3 is 5.97 Å². The van der Waals surface area contributed by atoms with Crippen LogP contribution < -0.4 is 4.74 Å². The number of rotatable bonds is 3. The van der Waals surface area contributed by atoms with E-state index in [-0.39, 0.29) is 12.0 Å². The molecule has 1 unspecified atom stereocenters. The molecule has 0 amide bonds. The maximum atomic E-state index is 11.1. The van der Waals surface area contributed by atoms with Crippen molar-refractivity contribution in [2.45, 2.75) is 45.1 Å². The first-order valence-corrected chi connectivity index (χ1v) is 6.10. The molecule has 3 heteroatoms. The van der Waals surface area contributed by atoms with Gasteiger partial charge in [0.15, 0.2) is 0 Å². The third-order valence-electron chi connectivity index (χ3n) is 3.10. The first kappa shape index (κ1) is 12.0. The highest BCUT2D eigenvalue weighted by Crippen LogP contribution is 2.34. The summed E-state index contributed by atoms with van der Waals surface area (Å²) in [5.74, 6) is -0.222. The topological polar surface area (TPSA) is 46.5 Å². The van der Waals surface area contributed by atoms with Gasteiger partial charge in [0, 0.05) is 0 Å². The minimum absolute atomic E-state index is 0.145. The molecule has 1 atom stereocenters. The van der Waals surface area contributed by atoms with Crippen molar-refractivity contribution in [1.82, 2.24) is 0 Å². The highest BCUT2D eigenvalue weighted by atomic mass is 16.5. The van der Waals surface area contributed by atoms with E-state index in [1.165, 1.54) is 0 Å². The summed E-state index contributed by atoms with van der Waals surface area (Å²) in [5.41, 5.74) is 2.08. The van der Waals surface area contributed by atoms with Gasteiger partial charge in [0.2, 0.25) is 0 Å². The van der Waals surface area contributed by atoms with Crippen LogP contribution >= 0.6 is 0 Å². The van der Waals surface area contributed by atoms with E-state index in [4.69, 9.17) is 9.84 Å². The summed E-state index contributed by atoms with van der Waals surface area (Å²) < 4.78 is 5.63. The number of aliphatic carboxylic acids is 1. The fraction of sp³-hybridized carbons (Fsp3) is 0.500. The molecular formula is C14H18O3. The summed E-state index contributed by atoms with van der Waals surface area (Å²) in [6.07, 6.45) is 2.78. The summed E-state index contributed by atoms with van der Waals surface area (Å²) in [5, 5.41) is 9.17. The van der Waals surface area contributed by atoms with Crippen LogP contribution in [-0.4, -0.2) is 17.2 Å². The van der Waals surface area contributed by atoms with Crippen molar-refractivity contribution < 1.29 is 14.6 Å². The Balaban J connectivity index is 2.29. The zero-order valence-electron chi connectivity index (χ0n) is 10.3. The molecule has 0 aromatic heterocycles. The van der Waals surface area contributed by atoms with E-state index in [1.54, 1.807) is 0 Å². The van der Waals surface area contributed by atoms with Crippen LogP contribution in [-0.2, 0) is 11.2 Å². The third-order valence-corrected chi connectivity index (χ3v) is 3.10. The Morgan fingerprint density at radius 2 is 2.24 bits per heavy atom. The van der Waals surface area contributed by atoms with Crippen molar-refractivity contribution in [2.75, 3.05) is 0 Å². The summed E-state index contributed by atoms with van der Waals surface area (Å²) in [4.78, 5) is 11.1. The Kier molecular flexibility index (Phi) is 3.36. The van der Waals surface area contributed by atoms with E-state index < -0.39 is 5.97 Å². The summed E-state index contributed by atoms with van der Waals surface area (Å²) >= 11 is 0. The number of aryl methyl sites for hydroxylation is 1. The minimum atomic E-state index is -0.719. The van der Waals surface area contributed by atoms with Crippen molar-refractivity contribution in [3.63, 3.8) is 0 Å². The van der Waals surface area contributed by atoms with E-state index >= 15 is 0 Å². The molecule has 2 rings (SSSR count). The molecule has 3 nitrogen and oxygen atoms in total. The predicted molar refractivity (Wildman–Crippen MR) is 65.5 cm³/mol. The number of benzene rings is 1. The highest BCUT2D eigenvalue weighted by Gasteiger charge is 2.26. The van der Waals surface area contributed by atoms with Crippen LogP contribution in [0, 0.1) is 0 Å². The lowest BCUT2D eigenvalue weighted by Crippen LogP contribution is -2.18. The molecule has 1 aromatic rings.